The lowest BCUT2D eigenvalue weighted by molar-refractivity contribution is 0.0878. The monoisotopic (exact) mass is 336 g/mol. The van der Waals surface area contributed by atoms with Crippen molar-refractivity contribution in [3.05, 3.63) is 35.9 Å². The first-order valence-electron chi connectivity index (χ1n) is 7.85. The first-order valence-corrected chi connectivity index (χ1v) is 7.85. The number of aliphatic hydroxyl groups is 1. The molecule has 24 heavy (non-hydrogen) atoms. The highest BCUT2D eigenvalue weighted by molar-refractivity contribution is 5.70. The van der Waals surface area contributed by atoms with Crippen LogP contribution in [0.3, 0.4) is 0 Å². The van der Waals surface area contributed by atoms with E-state index in [0.29, 0.717) is 0 Å². The lowest BCUT2D eigenvalue weighted by atomic mass is 9.82. The molecule has 1 saturated heterocycles. The van der Waals surface area contributed by atoms with E-state index in [-0.39, 0.29) is 13.2 Å². The maximum Gasteiger partial charge on any atom is 0.407 e. The number of carboxylic acid groups (broad SMARTS) is 1. The second-order valence-corrected chi connectivity index (χ2v) is 7.04. The van der Waals surface area contributed by atoms with Crippen molar-refractivity contribution in [1.82, 2.24) is 10.2 Å². The number of ether oxygens (including phenoxy) is 1. The Morgan fingerprint density at radius 3 is 2.46 bits per heavy atom. The second-order valence-electron chi connectivity index (χ2n) is 7.04. The van der Waals surface area contributed by atoms with Crippen molar-refractivity contribution in [2.24, 2.45) is 5.41 Å². The van der Waals surface area contributed by atoms with Crippen LogP contribution in [0.2, 0.25) is 0 Å². The number of benzene rings is 1. The largest absolute Gasteiger partial charge is 0.465 e. The highest BCUT2D eigenvalue weighted by atomic mass is 16.5. The molecular weight excluding hydrogens is 312 g/mol. The van der Waals surface area contributed by atoms with Crippen molar-refractivity contribution in [1.29, 1.82) is 0 Å². The predicted molar refractivity (Wildman–Crippen MR) is 87.5 cm³/mol. The van der Waals surface area contributed by atoms with Gasteiger partial charge in [-0.15, -0.1) is 0 Å². The van der Waals surface area contributed by atoms with Crippen LogP contribution in [0.4, 0.5) is 9.59 Å². The van der Waals surface area contributed by atoms with Gasteiger partial charge in [0.25, 0.3) is 0 Å². The maximum absolute atomic E-state index is 12.1. The molecule has 2 rings (SSSR count). The molecular formula is C17H24N2O5. The van der Waals surface area contributed by atoms with Crippen molar-refractivity contribution in [3.63, 3.8) is 0 Å². The molecule has 1 aromatic rings. The van der Waals surface area contributed by atoms with Crippen LogP contribution in [0.25, 0.3) is 0 Å². The summed E-state index contributed by atoms with van der Waals surface area (Å²) in [5, 5.41) is 22.2. The molecule has 1 heterocycles. The molecule has 0 bridgehead atoms. The Labute approximate surface area is 141 Å². The number of nitrogens with zero attached hydrogens (tertiary/aromatic N) is 1. The van der Waals surface area contributed by atoms with Crippen molar-refractivity contribution >= 4 is 12.2 Å². The van der Waals surface area contributed by atoms with Gasteiger partial charge in [0.2, 0.25) is 0 Å². The van der Waals surface area contributed by atoms with E-state index in [9.17, 15) is 19.8 Å². The number of carbonyl (C=O) groups excluding carboxylic acids is 1. The van der Waals surface area contributed by atoms with Crippen LogP contribution < -0.4 is 5.32 Å². The van der Waals surface area contributed by atoms with E-state index >= 15 is 0 Å². The molecule has 3 N–H and O–H groups in total. The van der Waals surface area contributed by atoms with Gasteiger partial charge in [0.05, 0.1) is 24.7 Å². The number of alkyl carbamates (subject to hydrolysis) is 1. The topological polar surface area (TPSA) is 99.1 Å². The number of β-amino-alcohol motifs (C(OH)–C–C–N with tert-alkyl or cyclic N) is 1. The number of nitrogens with one attached hydrogen (secondary N) is 1. The summed E-state index contributed by atoms with van der Waals surface area (Å²) in [5.41, 5.74) is 0.395. The van der Waals surface area contributed by atoms with Crippen LogP contribution in [-0.4, -0.2) is 52.0 Å². The molecule has 3 unspecified atom stereocenters. The van der Waals surface area contributed by atoms with Gasteiger partial charge in [-0.1, -0.05) is 51.1 Å². The van der Waals surface area contributed by atoms with Gasteiger partial charge in [-0.25, -0.2) is 9.59 Å². The van der Waals surface area contributed by atoms with E-state index < -0.39 is 35.8 Å². The van der Waals surface area contributed by atoms with E-state index in [0.717, 1.165) is 5.56 Å². The number of hydrogen-bond donors (Lipinski definition) is 3. The molecule has 7 heteroatoms. The molecule has 1 aliphatic heterocycles. The minimum Gasteiger partial charge on any atom is -0.465 e. The molecule has 0 aromatic heterocycles. The van der Waals surface area contributed by atoms with Gasteiger partial charge in [-0.3, -0.25) is 0 Å². The molecule has 1 aliphatic rings. The summed E-state index contributed by atoms with van der Waals surface area (Å²) in [6, 6.07) is 7.96. The normalized spacial score (nSPS) is 23.8. The maximum atomic E-state index is 12.1. The zero-order chi connectivity index (χ0) is 17.9. The molecule has 1 aromatic carbocycles. The van der Waals surface area contributed by atoms with E-state index in [4.69, 9.17) is 4.74 Å². The Morgan fingerprint density at radius 2 is 1.92 bits per heavy atom. The molecule has 7 nitrogen and oxygen atoms in total. The molecule has 0 spiro atoms. The fourth-order valence-electron chi connectivity index (χ4n) is 3.11. The minimum atomic E-state index is -1.11. The molecule has 0 saturated carbocycles. The fourth-order valence-corrected chi connectivity index (χ4v) is 3.11. The number of likely N-dealkylation sites (tertiary alicyclic amines) is 1. The van der Waals surface area contributed by atoms with E-state index in [2.05, 4.69) is 5.32 Å². The van der Waals surface area contributed by atoms with Gasteiger partial charge in [-0.2, -0.15) is 0 Å². The number of hydrogen-bond acceptors (Lipinski definition) is 4. The first kappa shape index (κ1) is 18.1. The summed E-state index contributed by atoms with van der Waals surface area (Å²) in [6.07, 6.45) is -2.77. The predicted octanol–water partition coefficient (Wildman–Crippen LogP) is 2.05. The Bertz CT molecular complexity index is 584. The van der Waals surface area contributed by atoms with Gasteiger partial charge in [0, 0.05) is 0 Å². The van der Waals surface area contributed by atoms with E-state index in [1.165, 1.54) is 4.90 Å². The van der Waals surface area contributed by atoms with Gasteiger partial charge >= 0.3 is 12.2 Å². The van der Waals surface area contributed by atoms with Crippen LogP contribution in [0, 0.1) is 5.41 Å². The van der Waals surface area contributed by atoms with Crippen LogP contribution >= 0.6 is 0 Å². The molecule has 132 valence electrons. The summed E-state index contributed by atoms with van der Waals surface area (Å²) < 4.78 is 5.17. The number of amides is 2. The minimum absolute atomic E-state index is 0.0408. The molecule has 2 amide bonds. The molecule has 1 fully saturated rings. The number of rotatable bonds is 3. The summed E-state index contributed by atoms with van der Waals surface area (Å²) in [7, 11) is 0. The smallest absolute Gasteiger partial charge is 0.407 e. The molecule has 0 aliphatic carbocycles. The molecule has 0 radical (unpaired) electrons. The van der Waals surface area contributed by atoms with E-state index in [1.54, 1.807) is 0 Å². The zero-order valence-electron chi connectivity index (χ0n) is 14.1. The lowest BCUT2D eigenvalue weighted by Crippen LogP contribution is -2.54. The average molecular weight is 336 g/mol. The lowest BCUT2D eigenvalue weighted by Gasteiger charge is -2.36. The van der Waals surface area contributed by atoms with Gasteiger partial charge in [0.15, 0.2) is 0 Å². The fraction of sp³-hybridized carbons (Fsp3) is 0.529. The summed E-state index contributed by atoms with van der Waals surface area (Å²) in [4.78, 5) is 24.6. The van der Waals surface area contributed by atoms with Crippen molar-refractivity contribution in [3.8, 4) is 0 Å². The molecule has 3 atom stereocenters. The SMILES string of the molecule is CC(C)(C)C1C(NC(=O)OCc2ccccc2)C(O)CN1C(=O)O. The Kier molecular flexibility index (Phi) is 5.33. The van der Waals surface area contributed by atoms with Gasteiger partial charge < -0.3 is 25.2 Å². The highest BCUT2D eigenvalue weighted by Crippen LogP contribution is 2.33. The van der Waals surface area contributed by atoms with Crippen LogP contribution in [0.5, 0.6) is 0 Å². The van der Waals surface area contributed by atoms with Crippen LogP contribution in [0.1, 0.15) is 26.3 Å². The van der Waals surface area contributed by atoms with Crippen molar-refractivity contribution < 1.29 is 24.5 Å². The highest BCUT2D eigenvalue weighted by Gasteiger charge is 2.49. The third kappa shape index (κ3) is 4.17. The Balaban J connectivity index is 2.03. The van der Waals surface area contributed by atoms with Gasteiger partial charge in [-0.05, 0) is 11.0 Å². The number of aliphatic hydroxyl groups excluding tert-OH is 1. The Hall–Kier alpha value is -2.28. The summed E-state index contributed by atoms with van der Waals surface area (Å²) >= 11 is 0. The Morgan fingerprint density at radius 1 is 1.29 bits per heavy atom. The third-order valence-corrected chi connectivity index (χ3v) is 4.10. The van der Waals surface area contributed by atoms with Crippen LogP contribution in [0.15, 0.2) is 30.3 Å². The standard InChI is InChI=1S/C17H24N2O5/c1-17(2,3)14-13(12(20)9-19(14)16(22)23)18-15(21)24-10-11-7-5-4-6-8-11/h4-8,12-14,20H,9-10H2,1-3H3,(H,18,21)(H,22,23). The third-order valence-electron chi connectivity index (χ3n) is 4.10. The average Bonchev–Trinajstić information content (AvgIpc) is 2.83. The van der Waals surface area contributed by atoms with Crippen LogP contribution in [-0.2, 0) is 11.3 Å². The quantitative estimate of drug-likeness (QED) is 0.784. The van der Waals surface area contributed by atoms with Gasteiger partial charge in [0.1, 0.15) is 6.61 Å². The first-order chi connectivity index (χ1) is 11.2. The van der Waals surface area contributed by atoms with Crippen molar-refractivity contribution in [2.75, 3.05) is 6.54 Å². The second kappa shape index (κ2) is 7.09. The zero-order valence-corrected chi connectivity index (χ0v) is 14.1. The van der Waals surface area contributed by atoms with Crippen molar-refractivity contribution in [2.45, 2.75) is 45.6 Å². The summed E-state index contributed by atoms with van der Waals surface area (Å²) in [6.45, 7) is 5.68. The number of carbonyl (C=O) groups is 2. The van der Waals surface area contributed by atoms with E-state index in [1.807, 2.05) is 51.1 Å². The summed E-state index contributed by atoms with van der Waals surface area (Å²) in [5.74, 6) is 0.